The molecule has 0 nitrogen and oxygen atoms in total. The van der Waals surface area contributed by atoms with Crippen LogP contribution in [0.5, 0.6) is 0 Å². The van der Waals surface area contributed by atoms with Gasteiger partial charge < -0.3 is 0 Å². The lowest BCUT2D eigenvalue weighted by molar-refractivity contribution is 0.647. The van der Waals surface area contributed by atoms with E-state index in [2.05, 4.69) is 40.3 Å². The van der Waals surface area contributed by atoms with Crippen molar-refractivity contribution in [2.75, 3.05) is 0 Å². The van der Waals surface area contributed by atoms with Gasteiger partial charge in [-0.1, -0.05) is 38.5 Å². The lowest BCUT2D eigenvalue weighted by atomic mass is 9.96. The van der Waals surface area contributed by atoms with Gasteiger partial charge in [-0.3, -0.25) is 0 Å². The lowest BCUT2D eigenvalue weighted by Gasteiger charge is -2.10. The van der Waals surface area contributed by atoms with Crippen LogP contribution in [0, 0.1) is 11.8 Å². The molecule has 2 unspecified atom stereocenters. The summed E-state index contributed by atoms with van der Waals surface area (Å²) in [6.07, 6.45) is 5.50. The van der Waals surface area contributed by atoms with Crippen molar-refractivity contribution in [2.45, 2.75) is 34.1 Å². The number of hydrogen-bond donors (Lipinski definition) is 0. The van der Waals surface area contributed by atoms with Crippen LogP contribution in [0.15, 0.2) is 24.3 Å². The van der Waals surface area contributed by atoms with Crippen molar-refractivity contribution in [1.82, 2.24) is 0 Å². The summed E-state index contributed by atoms with van der Waals surface area (Å²) >= 11 is 0. The maximum Gasteiger partial charge on any atom is -0.00819 e. The van der Waals surface area contributed by atoms with E-state index in [0.29, 0.717) is 5.92 Å². The molecular formula is C11H20. The van der Waals surface area contributed by atoms with Gasteiger partial charge in [-0.05, 0) is 25.2 Å². The normalized spacial score (nSPS) is 17.6. The summed E-state index contributed by atoms with van der Waals surface area (Å²) in [5, 5.41) is 0. The second kappa shape index (κ2) is 5.17. The Morgan fingerprint density at radius 3 is 2.36 bits per heavy atom. The fourth-order valence-electron chi connectivity index (χ4n) is 0.969. The fourth-order valence-corrected chi connectivity index (χ4v) is 0.969. The molecule has 0 saturated carbocycles. The third kappa shape index (κ3) is 4.02. The molecule has 0 heteroatoms. The third-order valence-electron chi connectivity index (χ3n) is 2.29. The Kier molecular flexibility index (Phi) is 4.93. The number of rotatable bonds is 4. The molecule has 0 aromatic heterocycles. The van der Waals surface area contributed by atoms with E-state index in [-0.39, 0.29) is 0 Å². The Morgan fingerprint density at radius 2 is 2.00 bits per heavy atom. The van der Waals surface area contributed by atoms with Gasteiger partial charge in [0.05, 0.1) is 0 Å². The van der Waals surface area contributed by atoms with Crippen molar-refractivity contribution in [2.24, 2.45) is 11.8 Å². The molecule has 64 valence electrons. The van der Waals surface area contributed by atoms with Crippen LogP contribution in [0.25, 0.3) is 0 Å². The molecule has 0 bridgehead atoms. The minimum atomic E-state index is 0.518. The van der Waals surface area contributed by atoms with E-state index in [1.165, 1.54) is 12.0 Å². The highest BCUT2D eigenvalue weighted by Crippen LogP contribution is 2.15. The van der Waals surface area contributed by atoms with Crippen molar-refractivity contribution in [3.8, 4) is 0 Å². The predicted octanol–water partition coefficient (Wildman–Crippen LogP) is 3.80. The van der Waals surface area contributed by atoms with Crippen LogP contribution >= 0.6 is 0 Å². The van der Waals surface area contributed by atoms with Crippen molar-refractivity contribution in [3.63, 3.8) is 0 Å². The zero-order valence-electron chi connectivity index (χ0n) is 8.22. The van der Waals surface area contributed by atoms with Gasteiger partial charge in [0.1, 0.15) is 0 Å². The topological polar surface area (TPSA) is 0 Å². The van der Waals surface area contributed by atoms with Crippen molar-refractivity contribution in [1.29, 1.82) is 0 Å². The zero-order chi connectivity index (χ0) is 8.85. The fraction of sp³-hybridized carbons (Fsp3) is 0.636. The highest BCUT2D eigenvalue weighted by atomic mass is 14.1. The maximum absolute atomic E-state index is 3.75. The van der Waals surface area contributed by atoms with Crippen LogP contribution < -0.4 is 0 Å². The van der Waals surface area contributed by atoms with Gasteiger partial charge in [-0.15, -0.1) is 6.58 Å². The predicted molar refractivity (Wildman–Crippen MR) is 52.6 cm³/mol. The molecule has 0 rings (SSSR count). The van der Waals surface area contributed by atoms with Crippen LogP contribution in [0.4, 0.5) is 0 Å². The van der Waals surface area contributed by atoms with Crippen LogP contribution in [0.1, 0.15) is 34.1 Å². The Balaban J connectivity index is 4.08. The van der Waals surface area contributed by atoms with E-state index < -0.39 is 0 Å². The van der Waals surface area contributed by atoms with Gasteiger partial charge in [0.25, 0.3) is 0 Å². The molecule has 0 spiro atoms. The lowest BCUT2D eigenvalue weighted by Crippen LogP contribution is -1.95. The first-order chi connectivity index (χ1) is 5.11. The molecule has 0 aromatic carbocycles. The molecule has 0 heterocycles. The largest absolute Gasteiger partial charge is 0.102 e. The second-order valence-electron chi connectivity index (χ2n) is 3.31. The first-order valence-electron chi connectivity index (χ1n) is 4.42. The van der Waals surface area contributed by atoms with E-state index in [9.17, 15) is 0 Å². The highest BCUT2D eigenvalue weighted by molar-refractivity contribution is 5.07. The zero-order valence-corrected chi connectivity index (χ0v) is 8.22. The van der Waals surface area contributed by atoms with E-state index in [4.69, 9.17) is 0 Å². The van der Waals surface area contributed by atoms with Crippen LogP contribution in [0.3, 0.4) is 0 Å². The van der Waals surface area contributed by atoms with Crippen molar-refractivity contribution < 1.29 is 0 Å². The Morgan fingerprint density at radius 1 is 1.45 bits per heavy atom. The van der Waals surface area contributed by atoms with Gasteiger partial charge in [-0.25, -0.2) is 0 Å². The number of allylic oxidation sites excluding steroid dienone is 3. The third-order valence-corrected chi connectivity index (χ3v) is 2.29. The molecule has 0 amide bonds. The van der Waals surface area contributed by atoms with Crippen LogP contribution in [-0.4, -0.2) is 0 Å². The van der Waals surface area contributed by atoms with E-state index >= 15 is 0 Å². The average Bonchev–Trinajstić information content (AvgIpc) is 2.02. The molecule has 2 atom stereocenters. The first kappa shape index (κ1) is 10.5. The van der Waals surface area contributed by atoms with Gasteiger partial charge >= 0.3 is 0 Å². The molecule has 0 radical (unpaired) electrons. The Labute approximate surface area is 71.0 Å². The minimum Gasteiger partial charge on any atom is -0.102 e. The first-order valence-corrected chi connectivity index (χ1v) is 4.42. The van der Waals surface area contributed by atoms with Gasteiger partial charge in [-0.2, -0.15) is 0 Å². The molecule has 0 aromatic rings. The van der Waals surface area contributed by atoms with E-state index in [0.717, 1.165) is 5.92 Å². The van der Waals surface area contributed by atoms with Crippen LogP contribution in [-0.2, 0) is 0 Å². The summed E-state index contributed by atoms with van der Waals surface area (Å²) in [6.45, 7) is 12.6. The van der Waals surface area contributed by atoms with Crippen LogP contribution in [0.2, 0.25) is 0 Å². The highest BCUT2D eigenvalue weighted by Gasteiger charge is 2.01. The SMILES string of the molecule is C=CC(C)C=C(C)C(C)CC. The Hall–Kier alpha value is -0.520. The standard InChI is InChI=1S/C11H20/c1-6-9(3)8-11(5)10(4)7-2/h6,8-10H,1,7H2,2-5H3. The molecule has 11 heavy (non-hydrogen) atoms. The van der Waals surface area contributed by atoms with Gasteiger partial charge in [0.15, 0.2) is 0 Å². The summed E-state index contributed by atoms with van der Waals surface area (Å²) in [7, 11) is 0. The average molecular weight is 152 g/mol. The summed E-state index contributed by atoms with van der Waals surface area (Å²) in [4.78, 5) is 0. The second-order valence-corrected chi connectivity index (χ2v) is 3.31. The van der Waals surface area contributed by atoms with Crippen molar-refractivity contribution >= 4 is 0 Å². The number of hydrogen-bond acceptors (Lipinski definition) is 0. The molecule has 0 fully saturated rings. The molecule has 0 N–H and O–H groups in total. The van der Waals surface area contributed by atoms with E-state index in [1.54, 1.807) is 0 Å². The summed E-state index contributed by atoms with van der Waals surface area (Å²) in [5.41, 5.74) is 1.49. The van der Waals surface area contributed by atoms with Gasteiger partial charge in [0, 0.05) is 0 Å². The quantitative estimate of drug-likeness (QED) is 0.537. The Bertz CT molecular complexity index is 142. The monoisotopic (exact) mass is 152 g/mol. The molecule has 0 aliphatic heterocycles. The molecule has 0 aliphatic rings. The minimum absolute atomic E-state index is 0.518. The molecule has 0 aliphatic carbocycles. The molecule has 0 saturated heterocycles. The van der Waals surface area contributed by atoms with E-state index in [1.807, 2.05) is 6.08 Å². The smallest absolute Gasteiger partial charge is 0.00819 e. The summed E-state index contributed by atoms with van der Waals surface area (Å²) in [6, 6.07) is 0. The molecular weight excluding hydrogens is 132 g/mol. The van der Waals surface area contributed by atoms with Crippen molar-refractivity contribution in [3.05, 3.63) is 24.3 Å². The van der Waals surface area contributed by atoms with Gasteiger partial charge in [0.2, 0.25) is 0 Å². The maximum atomic E-state index is 3.75. The summed E-state index contributed by atoms with van der Waals surface area (Å²) < 4.78 is 0. The summed E-state index contributed by atoms with van der Waals surface area (Å²) in [5.74, 6) is 1.24.